The van der Waals surface area contributed by atoms with Crippen molar-refractivity contribution in [2.45, 2.75) is 0 Å². The highest BCUT2D eigenvalue weighted by Crippen LogP contribution is 2.28. The number of halogens is 1. The second-order valence-corrected chi connectivity index (χ2v) is 8.19. The fourth-order valence-electron chi connectivity index (χ4n) is 3.17. The maximum absolute atomic E-state index is 12.5. The number of rotatable bonds is 9. The van der Waals surface area contributed by atoms with Crippen LogP contribution in [-0.4, -0.2) is 52.1 Å². The van der Waals surface area contributed by atoms with Crippen LogP contribution in [0.5, 0.6) is 5.75 Å². The van der Waals surface area contributed by atoms with Crippen LogP contribution < -0.4 is 21.1 Å². The Kier molecular flexibility index (Phi) is 7.68. The van der Waals surface area contributed by atoms with E-state index in [1.165, 1.54) is 0 Å². The molecular weight excluding hydrogens is 502 g/mol. The third kappa shape index (κ3) is 6.07. The zero-order chi connectivity index (χ0) is 23.9. The number of hydrogen-bond acceptors (Lipinski definition) is 7. The molecule has 0 saturated heterocycles. The van der Waals surface area contributed by atoms with Crippen LogP contribution in [0.2, 0.25) is 0 Å². The molecule has 0 fully saturated rings. The van der Waals surface area contributed by atoms with E-state index in [0.717, 1.165) is 11.1 Å². The van der Waals surface area contributed by atoms with Crippen LogP contribution in [0.15, 0.2) is 59.5 Å². The maximum Gasteiger partial charge on any atom is 0.323 e. The quantitative estimate of drug-likeness (QED) is 0.283. The molecule has 2 aromatic carbocycles. The summed E-state index contributed by atoms with van der Waals surface area (Å²) in [5.41, 5.74) is 9.56. The Bertz CT molecular complexity index is 1290. The van der Waals surface area contributed by atoms with Gasteiger partial charge in [0.1, 0.15) is 12.4 Å². The first kappa shape index (κ1) is 23.6. The summed E-state index contributed by atoms with van der Waals surface area (Å²) < 4.78 is 13.4. The molecule has 11 heteroatoms. The van der Waals surface area contributed by atoms with E-state index in [0.29, 0.717) is 59.2 Å². The minimum atomic E-state index is -0.383. The van der Waals surface area contributed by atoms with Crippen molar-refractivity contribution in [1.29, 1.82) is 0 Å². The number of ether oxygens (including phenoxy) is 2. The fraction of sp³-hybridized carbons (Fsp3) is 0.217. The van der Waals surface area contributed by atoms with Gasteiger partial charge in [-0.15, -0.1) is 0 Å². The number of urea groups is 1. The van der Waals surface area contributed by atoms with Crippen molar-refractivity contribution in [1.82, 2.24) is 19.7 Å². The fourth-order valence-corrected chi connectivity index (χ4v) is 3.66. The molecule has 4 aromatic rings. The molecule has 0 aliphatic heterocycles. The summed E-state index contributed by atoms with van der Waals surface area (Å²) in [6.07, 6.45) is 5.31. The largest absolute Gasteiger partial charge is 0.490 e. The highest BCUT2D eigenvalue weighted by atomic mass is 79.9. The number of amides is 2. The van der Waals surface area contributed by atoms with E-state index in [2.05, 4.69) is 41.6 Å². The molecule has 0 bridgehead atoms. The summed E-state index contributed by atoms with van der Waals surface area (Å²) >= 11 is 3.46. The molecule has 2 heterocycles. The second kappa shape index (κ2) is 11.1. The van der Waals surface area contributed by atoms with Crippen molar-refractivity contribution in [3.8, 4) is 17.0 Å². The number of nitrogens with one attached hydrogen (secondary N) is 2. The van der Waals surface area contributed by atoms with Crippen molar-refractivity contribution in [2.24, 2.45) is 12.8 Å². The smallest absolute Gasteiger partial charge is 0.323 e. The standard InChI is InChI=1S/C23H24BrN7O3/c1-31-14-15(12-27-31)21-13-26-19-4-2-17(11-20(19)30-21)29-23(32)28-16-3-5-22(18(24)10-16)34-9-8-33-7-6-25/h2-5,10-14H,6-9,25H2,1H3,(H2,28,29,32). The van der Waals surface area contributed by atoms with Crippen molar-refractivity contribution >= 4 is 44.4 Å². The van der Waals surface area contributed by atoms with Gasteiger partial charge in [-0.3, -0.25) is 9.67 Å². The van der Waals surface area contributed by atoms with Gasteiger partial charge in [-0.2, -0.15) is 5.10 Å². The first-order valence-electron chi connectivity index (χ1n) is 10.6. The number of carbonyl (C=O) groups is 1. The topological polar surface area (TPSA) is 129 Å². The van der Waals surface area contributed by atoms with Gasteiger partial charge in [-0.05, 0) is 52.3 Å². The van der Waals surface area contributed by atoms with Crippen molar-refractivity contribution in [2.75, 3.05) is 37.0 Å². The van der Waals surface area contributed by atoms with Crippen LogP contribution >= 0.6 is 15.9 Å². The van der Waals surface area contributed by atoms with Gasteiger partial charge in [0.2, 0.25) is 0 Å². The third-order valence-electron chi connectivity index (χ3n) is 4.74. The predicted molar refractivity (Wildman–Crippen MR) is 134 cm³/mol. The number of nitrogens with two attached hydrogens (primary N) is 1. The van der Waals surface area contributed by atoms with Gasteiger partial charge in [-0.1, -0.05) is 0 Å². The van der Waals surface area contributed by atoms with Crippen LogP contribution in [0.3, 0.4) is 0 Å². The Morgan fingerprint density at radius 1 is 1.06 bits per heavy atom. The van der Waals surface area contributed by atoms with E-state index in [9.17, 15) is 4.79 Å². The summed E-state index contributed by atoms with van der Waals surface area (Å²) in [4.78, 5) is 21.6. The number of fused-ring (bicyclic) bond motifs is 1. The molecule has 176 valence electrons. The molecule has 0 saturated carbocycles. The average Bonchev–Trinajstić information content (AvgIpc) is 3.26. The Morgan fingerprint density at radius 3 is 2.59 bits per heavy atom. The SMILES string of the molecule is Cn1cc(-c2cnc3ccc(NC(=O)Nc4ccc(OCCOCCN)c(Br)c4)cc3n2)cn1. The van der Waals surface area contributed by atoms with Gasteiger partial charge in [0, 0.05) is 36.7 Å². The second-order valence-electron chi connectivity index (χ2n) is 7.34. The first-order valence-corrected chi connectivity index (χ1v) is 11.3. The van der Waals surface area contributed by atoms with Gasteiger partial charge < -0.3 is 25.8 Å². The van der Waals surface area contributed by atoms with E-state index in [-0.39, 0.29) is 6.03 Å². The van der Waals surface area contributed by atoms with Crippen LogP contribution in [0.4, 0.5) is 16.2 Å². The molecule has 0 unspecified atom stereocenters. The zero-order valence-corrected chi connectivity index (χ0v) is 20.1. The molecule has 4 N–H and O–H groups in total. The molecule has 4 rings (SSSR count). The Morgan fingerprint density at radius 2 is 1.85 bits per heavy atom. The van der Waals surface area contributed by atoms with Crippen LogP contribution in [0.25, 0.3) is 22.3 Å². The molecule has 2 amide bonds. The lowest BCUT2D eigenvalue weighted by molar-refractivity contribution is 0.105. The third-order valence-corrected chi connectivity index (χ3v) is 5.36. The number of aromatic nitrogens is 4. The Balaban J connectivity index is 1.38. The number of anilines is 2. The minimum absolute atomic E-state index is 0.383. The molecule has 0 aliphatic carbocycles. The van der Waals surface area contributed by atoms with Crippen molar-refractivity contribution in [3.05, 3.63) is 59.5 Å². The van der Waals surface area contributed by atoms with E-state index in [1.54, 1.807) is 47.4 Å². The van der Waals surface area contributed by atoms with Crippen molar-refractivity contribution < 1.29 is 14.3 Å². The highest BCUT2D eigenvalue weighted by molar-refractivity contribution is 9.10. The van der Waals surface area contributed by atoms with Gasteiger partial charge in [0.05, 0.1) is 46.8 Å². The van der Waals surface area contributed by atoms with Gasteiger partial charge in [0.25, 0.3) is 0 Å². The number of carbonyl (C=O) groups excluding carboxylic acids is 1. The van der Waals surface area contributed by atoms with E-state index < -0.39 is 0 Å². The lowest BCUT2D eigenvalue weighted by Crippen LogP contribution is -2.19. The molecular formula is C23H24BrN7O3. The minimum Gasteiger partial charge on any atom is -0.490 e. The Labute approximate surface area is 204 Å². The van der Waals surface area contributed by atoms with E-state index >= 15 is 0 Å². The summed E-state index contributed by atoms with van der Waals surface area (Å²) in [7, 11) is 1.84. The molecule has 0 atom stereocenters. The Hall–Kier alpha value is -3.54. The van der Waals surface area contributed by atoms with Crippen LogP contribution in [0, 0.1) is 0 Å². The summed E-state index contributed by atoms with van der Waals surface area (Å²) in [5, 5.41) is 9.80. The molecule has 0 radical (unpaired) electrons. The molecule has 0 aliphatic rings. The van der Waals surface area contributed by atoms with Gasteiger partial charge in [0.15, 0.2) is 0 Å². The lowest BCUT2D eigenvalue weighted by atomic mass is 10.2. The number of nitrogens with zero attached hydrogens (tertiary/aromatic N) is 4. The molecule has 10 nitrogen and oxygen atoms in total. The number of benzene rings is 2. The van der Waals surface area contributed by atoms with Gasteiger partial charge >= 0.3 is 6.03 Å². The van der Waals surface area contributed by atoms with Crippen molar-refractivity contribution in [3.63, 3.8) is 0 Å². The monoisotopic (exact) mass is 525 g/mol. The lowest BCUT2D eigenvalue weighted by Gasteiger charge is -2.12. The summed E-state index contributed by atoms with van der Waals surface area (Å²) in [5.74, 6) is 0.653. The van der Waals surface area contributed by atoms with Crippen LogP contribution in [-0.2, 0) is 11.8 Å². The molecule has 0 spiro atoms. The predicted octanol–water partition coefficient (Wildman–Crippen LogP) is 3.79. The number of aryl methyl sites for hydroxylation is 1. The van der Waals surface area contributed by atoms with Crippen LogP contribution in [0.1, 0.15) is 0 Å². The average molecular weight is 526 g/mol. The zero-order valence-electron chi connectivity index (χ0n) is 18.5. The van der Waals surface area contributed by atoms with E-state index in [1.807, 2.05) is 19.3 Å². The number of hydrogen-bond donors (Lipinski definition) is 3. The first-order chi connectivity index (χ1) is 16.5. The summed E-state index contributed by atoms with van der Waals surface area (Å²) in [6, 6.07) is 10.3. The van der Waals surface area contributed by atoms with Gasteiger partial charge in [-0.25, -0.2) is 9.78 Å². The molecule has 34 heavy (non-hydrogen) atoms. The highest BCUT2D eigenvalue weighted by Gasteiger charge is 2.09. The maximum atomic E-state index is 12.5. The van der Waals surface area contributed by atoms with E-state index in [4.69, 9.17) is 15.2 Å². The summed E-state index contributed by atoms with van der Waals surface area (Å²) in [6.45, 7) is 1.83. The normalized spacial score (nSPS) is 10.9. The molecule has 2 aromatic heterocycles.